The molecule has 2 unspecified atom stereocenters. The van der Waals surface area contributed by atoms with Crippen LogP contribution >= 0.6 is 34.4 Å². The van der Waals surface area contributed by atoms with Crippen LogP contribution in [-0.4, -0.2) is 41.7 Å². The smallest absolute Gasteiger partial charge is 0.419 e. The number of carbonyl (C=O) groups excluding carboxylic acids is 3. The number of carbonyl (C=O) groups is 3. The zero-order valence-electron chi connectivity index (χ0n) is 24.1. The molecule has 2 fully saturated rings. The Morgan fingerprint density at radius 2 is 1.65 bits per heavy atom. The van der Waals surface area contributed by atoms with Crippen molar-refractivity contribution in [2.45, 2.75) is 32.3 Å². The van der Waals surface area contributed by atoms with Crippen molar-refractivity contribution >= 4 is 105 Å². The Morgan fingerprint density at radius 3 is 2.46 bits per heavy atom. The second-order valence-corrected chi connectivity index (χ2v) is 14.2. The maximum atomic E-state index is 13.8. The van der Waals surface area contributed by atoms with Gasteiger partial charge in [0.1, 0.15) is 29.0 Å². The third-order valence-corrected chi connectivity index (χ3v) is 12.0. The Morgan fingerprint density at radius 1 is 0.913 bits per heavy atom. The maximum absolute atomic E-state index is 13.8. The van der Waals surface area contributed by atoms with Crippen molar-refractivity contribution in [2.75, 3.05) is 0 Å². The van der Waals surface area contributed by atoms with Crippen molar-refractivity contribution in [3.8, 4) is 10.6 Å². The molecule has 7 aromatic rings. The van der Waals surface area contributed by atoms with Gasteiger partial charge in [-0.1, -0.05) is 61.4 Å². The van der Waals surface area contributed by atoms with Gasteiger partial charge in [-0.15, -0.1) is 22.7 Å². The Hall–Kier alpha value is -4.65. The van der Waals surface area contributed by atoms with Crippen LogP contribution in [0.3, 0.4) is 0 Å². The van der Waals surface area contributed by atoms with Gasteiger partial charge in [-0.3, -0.25) is 14.6 Å². The first-order valence-electron chi connectivity index (χ1n) is 15.0. The summed E-state index contributed by atoms with van der Waals surface area (Å²) in [6.45, 7) is 0.156. The number of hydrogen-bond acceptors (Lipinski definition) is 11. The molecule has 9 rings (SSSR count). The van der Waals surface area contributed by atoms with Crippen LogP contribution in [0, 0.1) is 11.8 Å². The number of benzene rings is 2. The van der Waals surface area contributed by atoms with E-state index >= 15 is 0 Å². The number of aliphatic imine (C=N–C) groups is 1. The lowest BCUT2D eigenvalue weighted by Gasteiger charge is -2.20. The zero-order chi connectivity index (χ0) is 30.9. The van der Waals surface area contributed by atoms with Crippen LogP contribution in [0.15, 0.2) is 71.9 Å². The van der Waals surface area contributed by atoms with E-state index in [0.29, 0.717) is 22.4 Å². The Balaban J connectivity index is 1.15. The molecule has 0 spiro atoms. The maximum Gasteiger partial charge on any atom is 0.419 e. The number of nitrogens with zero attached hydrogens (tertiary/aromatic N) is 5. The molecule has 2 aliphatic carbocycles. The fraction of sp³-hybridized carbons (Fsp3) is 0.206. The first-order valence-corrected chi connectivity index (χ1v) is 17.4. The van der Waals surface area contributed by atoms with Gasteiger partial charge in [-0.2, -0.15) is 8.75 Å². The molecule has 2 aromatic carbocycles. The molecular weight excluding hydrogens is 639 g/mol. The largest absolute Gasteiger partial charge is 0.444 e. The average molecular weight is 662 g/mol. The van der Waals surface area contributed by atoms with Crippen LogP contribution in [0.2, 0.25) is 0 Å². The number of Topliss-reactive ketones (excluding diaryl/α,β-unsaturated/α-hetero) is 2. The number of rotatable bonds is 4. The highest BCUT2D eigenvalue weighted by molar-refractivity contribution is 7.32. The second-order valence-electron chi connectivity index (χ2n) is 11.6. The van der Waals surface area contributed by atoms with Crippen molar-refractivity contribution in [3.05, 3.63) is 72.4 Å². The van der Waals surface area contributed by atoms with E-state index < -0.39 is 6.09 Å². The minimum Gasteiger partial charge on any atom is -0.444 e. The predicted molar refractivity (Wildman–Crippen MR) is 181 cm³/mol. The number of fused-ring (bicyclic) bond motifs is 7. The van der Waals surface area contributed by atoms with Crippen LogP contribution in [-0.2, 0) is 20.9 Å². The molecule has 0 N–H and O–H groups in total. The molecule has 5 heterocycles. The molecular formula is C34H23N5O4S3. The highest BCUT2D eigenvalue weighted by Crippen LogP contribution is 2.47. The van der Waals surface area contributed by atoms with Gasteiger partial charge in [-0.25, -0.2) is 14.4 Å². The van der Waals surface area contributed by atoms with E-state index in [2.05, 4.69) is 19.8 Å². The second kappa shape index (κ2) is 10.7. The summed E-state index contributed by atoms with van der Waals surface area (Å²) in [4.78, 5) is 50.1. The van der Waals surface area contributed by atoms with Crippen molar-refractivity contribution in [1.29, 1.82) is 0 Å². The Bertz CT molecular complexity index is 2390. The molecule has 2 aliphatic rings. The lowest BCUT2D eigenvalue weighted by atomic mass is 9.81. The van der Waals surface area contributed by atoms with E-state index in [4.69, 9.17) is 9.72 Å². The van der Waals surface area contributed by atoms with Crippen LogP contribution in [0.1, 0.15) is 31.2 Å². The molecule has 0 radical (unpaired) electrons. The monoisotopic (exact) mass is 661 g/mol. The summed E-state index contributed by atoms with van der Waals surface area (Å²) >= 11 is 4.20. The summed E-state index contributed by atoms with van der Waals surface area (Å²) in [6.07, 6.45) is 4.50. The van der Waals surface area contributed by atoms with Crippen LogP contribution in [0.5, 0.6) is 0 Å². The van der Waals surface area contributed by atoms with Crippen molar-refractivity contribution in [3.63, 3.8) is 0 Å². The first-order chi connectivity index (χ1) is 22.6. The van der Waals surface area contributed by atoms with Gasteiger partial charge < -0.3 is 4.74 Å². The van der Waals surface area contributed by atoms with Gasteiger partial charge in [0.25, 0.3) is 0 Å². The third kappa shape index (κ3) is 4.20. The number of pyridine rings is 1. The molecule has 12 heteroatoms. The Kier molecular flexibility index (Phi) is 6.44. The van der Waals surface area contributed by atoms with Gasteiger partial charge in [-0.05, 0) is 30.5 Å². The summed E-state index contributed by atoms with van der Waals surface area (Å²) < 4.78 is 19.6. The SMILES string of the molecule is O=C1C(=Nc2cnc(-c3cc4c(s3)c3sc5ccccc5c3n4C(=O)OCc3ccccc3)c3nsnc23)C(=O)C2CCCCC12. The summed E-state index contributed by atoms with van der Waals surface area (Å²) in [5.74, 6) is -0.844. The molecule has 46 heavy (non-hydrogen) atoms. The topological polar surface area (TPSA) is 116 Å². The highest BCUT2D eigenvalue weighted by atomic mass is 32.1. The first kappa shape index (κ1) is 27.6. The summed E-state index contributed by atoms with van der Waals surface area (Å²) in [5, 5.41) is 0.993. The molecule has 9 nitrogen and oxygen atoms in total. The van der Waals surface area contributed by atoms with Gasteiger partial charge >= 0.3 is 6.09 Å². The van der Waals surface area contributed by atoms with Crippen molar-refractivity contribution in [2.24, 2.45) is 16.8 Å². The van der Waals surface area contributed by atoms with Crippen molar-refractivity contribution < 1.29 is 19.1 Å². The van der Waals surface area contributed by atoms with E-state index in [1.807, 2.05) is 54.6 Å². The molecule has 0 bridgehead atoms. The molecule has 2 saturated carbocycles. The minimum absolute atomic E-state index is 0.0118. The van der Waals surface area contributed by atoms with Gasteiger partial charge in [0.05, 0.1) is 43.2 Å². The van der Waals surface area contributed by atoms with Gasteiger partial charge in [0, 0.05) is 21.9 Å². The number of ketones is 2. The molecule has 0 aliphatic heterocycles. The summed E-state index contributed by atoms with van der Waals surface area (Å²) in [5.41, 5.74) is 4.48. The lowest BCUT2D eigenvalue weighted by Crippen LogP contribution is -2.21. The molecule has 0 saturated heterocycles. The number of hydrogen-bond donors (Lipinski definition) is 0. The fourth-order valence-corrected chi connectivity index (χ4v) is 9.84. The van der Waals surface area contributed by atoms with E-state index in [0.717, 1.165) is 78.4 Å². The molecule has 226 valence electrons. The average Bonchev–Trinajstić information content (AvgIpc) is 3.90. The predicted octanol–water partition coefficient (Wildman–Crippen LogP) is 8.35. The number of ether oxygens (including phenoxy) is 1. The number of thiophene rings is 2. The third-order valence-electron chi connectivity index (χ3n) is 8.98. The van der Waals surface area contributed by atoms with E-state index in [9.17, 15) is 14.4 Å². The summed E-state index contributed by atoms with van der Waals surface area (Å²) in [7, 11) is 0. The van der Waals surface area contributed by atoms with Crippen LogP contribution < -0.4 is 0 Å². The Labute approximate surface area is 273 Å². The van der Waals surface area contributed by atoms with E-state index in [1.54, 1.807) is 22.1 Å². The lowest BCUT2D eigenvalue weighted by molar-refractivity contribution is -0.120. The van der Waals surface area contributed by atoms with E-state index in [1.165, 1.54) is 11.3 Å². The quantitative estimate of drug-likeness (QED) is 0.186. The standard InChI is InChI=1S/C34H23N5O4S3/c40-30-18-10-4-5-11-19(18)31(41)28(30)36-21-15-35-26(27-25(21)37-46-38-27)24-14-22-32(45-24)33-29(20-12-6-7-13-23(20)44-33)39(22)34(42)43-16-17-8-2-1-3-9-17/h1-3,6-9,12-15,18-19H,4-5,10-11,16H2. The molecule has 0 amide bonds. The van der Waals surface area contributed by atoms with Gasteiger partial charge in [0.2, 0.25) is 0 Å². The number of aromatic nitrogens is 4. The minimum atomic E-state index is -0.456. The van der Waals surface area contributed by atoms with Crippen molar-refractivity contribution in [1.82, 2.24) is 18.3 Å². The molecule has 2 atom stereocenters. The zero-order valence-corrected chi connectivity index (χ0v) is 26.6. The van der Waals surface area contributed by atoms with E-state index in [-0.39, 0.29) is 35.7 Å². The van der Waals surface area contributed by atoms with Crippen LogP contribution in [0.4, 0.5) is 10.5 Å². The van der Waals surface area contributed by atoms with Crippen LogP contribution in [0.25, 0.3) is 52.1 Å². The summed E-state index contributed by atoms with van der Waals surface area (Å²) in [6, 6.07) is 19.6. The van der Waals surface area contributed by atoms with Gasteiger partial charge in [0.15, 0.2) is 17.3 Å². The normalized spacial score (nSPS) is 18.3. The highest BCUT2D eigenvalue weighted by Gasteiger charge is 2.47. The molecule has 5 aromatic heterocycles. The fourth-order valence-electron chi connectivity index (χ4n) is 6.81.